The monoisotopic (exact) mass is 367 g/mol. The van der Waals surface area contributed by atoms with Gasteiger partial charge in [-0.15, -0.1) is 0 Å². The smallest absolute Gasteiger partial charge is 0.235 e. The van der Waals surface area contributed by atoms with Crippen molar-refractivity contribution in [3.63, 3.8) is 0 Å². The van der Waals surface area contributed by atoms with Crippen LogP contribution in [-0.4, -0.2) is 31.8 Å². The molecular weight excluding hydrogens is 342 g/mol. The number of sulfonamides is 1. The summed E-state index contributed by atoms with van der Waals surface area (Å²) in [5.41, 5.74) is -0.241. The number of nitrogens with one attached hydrogen (secondary N) is 2. The van der Waals surface area contributed by atoms with Gasteiger partial charge in [-0.1, -0.05) is 5.16 Å². The molecule has 0 radical (unpaired) electrons. The Morgan fingerprint density at radius 1 is 1.24 bits per heavy atom. The molecule has 4 saturated carbocycles. The maximum Gasteiger partial charge on any atom is 0.235 e. The van der Waals surface area contributed by atoms with Crippen molar-refractivity contribution in [1.29, 1.82) is 0 Å². The van der Waals surface area contributed by atoms with E-state index >= 15 is 0 Å². The fourth-order valence-corrected chi connectivity index (χ4v) is 6.39. The second-order valence-corrected chi connectivity index (χ2v) is 10.0. The van der Waals surface area contributed by atoms with Gasteiger partial charge in [0.05, 0.1) is 5.75 Å². The van der Waals surface area contributed by atoms with E-state index in [2.05, 4.69) is 15.2 Å². The van der Waals surface area contributed by atoms with Crippen LogP contribution in [0.25, 0.3) is 0 Å². The topological polar surface area (TPSA) is 101 Å². The van der Waals surface area contributed by atoms with Crippen LogP contribution in [0.5, 0.6) is 0 Å². The summed E-state index contributed by atoms with van der Waals surface area (Å²) in [5.74, 6) is 2.67. The lowest BCUT2D eigenvalue weighted by Gasteiger charge is -2.55. The van der Waals surface area contributed by atoms with Gasteiger partial charge in [-0.2, -0.15) is 0 Å². The molecule has 1 aromatic rings. The number of rotatable bonds is 6. The van der Waals surface area contributed by atoms with Crippen molar-refractivity contribution in [2.45, 2.75) is 45.4 Å². The number of carbonyl (C=O) groups is 1. The summed E-state index contributed by atoms with van der Waals surface area (Å²) in [5, 5.41) is 6.50. The Labute approximate surface area is 148 Å². The molecule has 1 heterocycles. The van der Waals surface area contributed by atoms with Gasteiger partial charge in [0.2, 0.25) is 15.9 Å². The second kappa shape index (κ2) is 6.00. The van der Waals surface area contributed by atoms with Gasteiger partial charge in [-0.05, 0) is 63.2 Å². The van der Waals surface area contributed by atoms with E-state index < -0.39 is 10.0 Å². The van der Waals surface area contributed by atoms with Crippen molar-refractivity contribution in [1.82, 2.24) is 10.5 Å². The van der Waals surface area contributed by atoms with Gasteiger partial charge in [0.1, 0.15) is 5.76 Å². The quantitative estimate of drug-likeness (QED) is 0.801. The minimum absolute atomic E-state index is 0.0547. The first-order valence-corrected chi connectivity index (χ1v) is 10.7. The van der Waals surface area contributed by atoms with E-state index in [4.69, 9.17) is 4.52 Å². The van der Waals surface area contributed by atoms with Crippen LogP contribution in [0.3, 0.4) is 0 Å². The molecule has 1 aromatic heterocycles. The van der Waals surface area contributed by atoms with Crippen molar-refractivity contribution in [3.05, 3.63) is 11.8 Å². The minimum atomic E-state index is -3.56. The number of carbonyl (C=O) groups excluding carboxylic acids is 1. The number of aryl methyl sites for hydroxylation is 1. The summed E-state index contributed by atoms with van der Waals surface area (Å²) in [6.45, 7) is 1.81. The lowest BCUT2D eigenvalue weighted by atomic mass is 9.49. The molecule has 0 unspecified atom stereocenters. The predicted octanol–water partition coefficient (Wildman–Crippen LogP) is 2.06. The van der Waals surface area contributed by atoms with E-state index in [-0.39, 0.29) is 29.4 Å². The summed E-state index contributed by atoms with van der Waals surface area (Å²) in [4.78, 5) is 12.8. The Balaban J connectivity index is 1.32. The van der Waals surface area contributed by atoms with Gasteiger partial charge in [-0.25, -0.2) is 8.42 Å². The first kappa shape index (κ1) is 16.9. The SMILES string of the molecule is Cc1cc(NS(=O)(=O)CCNC(=O)C23CC4CC(CC(C4)C2)C3)no1. The number of amides is 1. The Bertz CT molecular complexity index is 735. The first-order chi connectivity index (χ1) is 11.8. The molecule has 5 rings (SSSR count). The van der Waals surface area contributed by atoms with E-state index in [1.165, 1.54) is 25.3 Å². The first-order valence-electron chi connectivity index (χ1n) is 9.06. The van der Waals surface area contributed by atoms with Gasteiger partial charge < -0.3 is 9.84 Å². The highest BCUT2D eigenvalue weighted by molar-refractivity contribution is 7.92. The highest BCUT2D eigenvalue weighted by Crippen LogP contribution is 2.60. The van der Waals surface area contributed by atoms with Crippen LogP contribution >= 0.6 is 0 Å². The molecule has 2 N–H and O–H groups in total. The average Bonchev–Trinajstić information content (AvgIpc) is 2.89. The summed E-state index contributed by atoms with van der Waals surface area (Å²) in [7, 11) is -3.56. The van der Waals surface area contributed by atoms with Crippen molar-refractivity contribution in [2.24, 2.45) is 23.2 Å². The molecule has 7 nitrogen and oxygen atoms in total. The zero-order valence-electron chi connectivity index (χ0n) is 14.5. The maximum absolute atomic E-state index is 12.8. The Morgan fingerprint density at radius 2 is 1.84 bits per heavy atom. The fraction of sp³-hybridized carbons (Fsp3) is 0.765. The minimum Gasteiger partial charge on any atom is -0.360 e. The van der Waals surface area contributed by atoms with Crippen LogP contribution in [0.2, 0.25) is 0 Å². The molecule has 138 valence electrons. The van der Waals surface area contributed by atoms with Crippen LogP contribution in [-0.2, 0) is 14.8 Å². The molecule has 4 aliphatic rings. The van der Waals surface area contributed by atoms with Crippen LogP contribution in [0.15, 0.2) is 10.6 Å². The maximum atomic E-state index is 12.8. The molecule has 0 spiro atoms. The molecule has 0 atom stereocenters. The van der Waals surface area contributed by atoms with E-state index in [1.54, 1.807) is 6.92 Å². The van der Waals surface area contributed by atoms with Gasteiger partial charge in [0.15, 0.2) is 5.82 Å². The molecule has 0 aromatic carbocycles. The fourth-order valence-electron chi connectivity index (χ4n) is 5.50. The number of anilines is 1. The Kier molecular flexibility index (Phi) is 4.05. The molecule has 4 aliphatic carbocycles. The Hall–Kier alpha value is -1.57. The molecular formula is C17H25N3O4S. The molecule has 4 bridgehead atoms. The summed E-state index contributed by atoms with van der Waals surface area (Å²) < 4.78 is 31.4. The number of nitrogens with zero attached hydrogens (tertiary/aromatic N) is 1. The molecule has 0 saturated heterocycles. The zero-order chi connectivity index (χ0) is 17.7. The predicted molar refractivity (Wildman–Crippen MR) is 92.3 cm³/mol. The normalized spacial score (nSPS) is 33.4. The summed E-state index contributed by atoms with van der Waals surface area (Å²) in [6.07, 6.45) is 6.78. The molecule has 25 heavy (non-hydrogen) atoms. The van der Waals surface area contributed by atoms with Crippen LogP contribution in [0, 0.1) is 30.1 Å². The zero-order valence-corrected chi connectivity index (χ0v) is 15.3. The highest BCUT2D eigenvalue weighted by Gasteiger charge is 2.54. The van der Waals surface area contributed by atoms with Gasteiger partial charge >= 0.3 is 0 Å². The lowest BCUT2D eigenvalue weighted by molar-refractivity contribution is -0.146. The largest absolute Gasteiger partial charge is 0.360 e. The molecule has 8 heteroatoms. The lowest BCUT2D eigenvalue weighted by Crippen LogP contribution is -2.54. The number of hydrogen-bond acceptors (Lipinski definition) is 5. The van der Waals surface area contributed by atoms with E-state index in [0.29, 0.717) is 23.5 Å². The summed E-state index contributed by atoms with van der Waals surface area (Å²) >= 11 is 0. The van der Waals surface area contributed by atoms with E-state index in [9.17, 15) is 13.2 Å². The molecule has 1 amide bonds. The molecule has 0 aliphatic heterocycles. The van der Waals surface area contributed by atoms with Gasteiger partial charge in [0, 0.05) is 18.0 Å². The van der Waals surface area contributed by atoms with Crippen molar-refractivity contribution in [3.8, 4) is 0 Å². The molecule has 4 fully saturated rings. The Morgan fingerprint density at radius 3 is 2.36 bits per heavy atom. The average molecular weight is 367 g/mol. The van der Waals surface area contributed by atoms with Crippen LogP contribution in [0.1, 0.15) is 44.3 Å². The van der Waals surface area contributed by atoms with Crippen LogP contribution < -0.4 is 10.0 Å². The number of hydrogen-bond donors (Lipinski definition) is 2. The highest BCUT2D eigenvalue weighted by atomic mass is 32.2. The van der Waals surface area contributed by atoms with Crippen molar-refractivity contribution < 1.29 is 17.7 Å². The van der Waals surface area contributed by atoms with Gasteiger partial charge in [-0.3, -0.25) is 9.52 Å². The second-order valence-electron chi connectivity index (χ2n) is 8.20. The van der Waals surface area contributed by atoms with E-state index in [1.807, 2.05) is 0 Å². The standard InChI is InChI=1S/C17H25N3O4S/c1-11-4-15(19-24-11)20-25(22,23)3-2-18-16(21)17-8-12-5-13(9-17)7-14(6-12)10-17/h4,12-14H,2-3,5-10H2,1H3,(H,18,21)(H,19,20). The third-order valence-corrected chi connectivity index (χ3v) is 7.33. The van der Waals surface area contributed by atoms with Crippen molar-refractivity contribution in [2.75, 3.05) is 17.0 Å². The van der Waals surface area contributed by atoms with Gasteiger partial charge in [0.25, 0.3) is 0 Å². The van der Waals surface area contributed by atoms with Crippen LogP contribution in [0.4, 0.5) is 5.82 Å². The third-order valence-electron chi connectivity index (χ3n) is 6.06. The third kappa shape index (κ3) is 3.41. The number of aromatic nitrogens is 1. The van der Waals surface area contributed by atoms with E-state index in [0.717, 1.165) is 19.3 Å². The van der Waals surface area contributed by atoms with Crippen molar-refractivity contribution >= 4 is 21.7 Å². The summed E-state index contributed by atoms with van der Waals surface area (Å²) in [6, 6.07) is 1.52.